The van der Waals surface area contributed by atoms with Gasteiger partial charge in [0.25, 0.3) is 0 Å². The first kappa shape index (κ1) is 12.9. The van der Waals surface area contributed by atoms with Crippen molar-refractivity contribution < 1.29 is 4.79 Å². The molecular weight excluding hydrogens is 254 g/mol. The van der Waals surface area contributed by atoms with Crippen molar-refractivity contribution in [2.75, 3.05) is 6.54 Å². The van der Waals surface area contributed by atoms with E-state index in [0.717, 1.165) is 37.2 Å². The van der Waals surface area contributed by atoms with Gasteiger partial charge in [-0.1, -0.05) is 0 Å². The smallest absolute Gasteiger partial charge is 0.223 e. The number of aryl methyl sites for hydroxylation is 2. The van der Waals surface area contributed by atoms with E-state index >= 15 is 0 Å². The molecule has 1 unspecified atom stereocenters. The van der Waals surface area contributed by atoms with Crippen LogP contribution in [0.5, 0.6) is 0 Å². The van der Waals surface area contributed by atoms with E-state index in [2.05, 4.69) is 15.3 Å². The normalized spacial score (nSPS) is 18.6. The summed E-state index contributed by atoms with van der Waals surface area (Å²) in [6, 6.07) is 4.08. The van der Waals surface area contributed by atoms with Crippen molar-refractivity contribution >= 4 is 5.91 Å². The Morgan fingerprint density at radius 2 is 2.35 bits per heavy atom. The molecule has 6 heteroatoms. The Kier molecular flexibility index (Phi) is 3.54. The largest absolute Gasteiger partial charge is 0.334 e. The first-order valence-electron chi connectivity index (χ1n) is 7.01. The molecule has 1 atom stereocenters. The number of aromatic amines is 1. The molecule has 1 amide bonds. The van der Waals surface area contributed by atoms with Gasteiger partial charge in [-0.2, -0.15) is 10.2 Å². The summed E-state index contributed by atoms with van der Waals surface area (Å²) < 4.78 is 1.82. The summed E-state index contributed by atoms with van der Waals surface area (Å²) in [6.45, 7) is 0.841. The highest BCUT2D eigenvalue weighted by Crippen LogP contribution is 2.31. The van der Waals surface area contributed by atoms with Crippen LogP contribution in [-0.4, -0.2) is 37.3 Å². The molecule has 2 aromatic heterocycles. The highest BCUT2D eigenvalue weighted by molar-refractivity contribution is 5.77. The van der Waals surface area contributed by atoms with E-state index < -0.39 is 0 Å². The van der Waals surface area contributed by atoms with Crippen LogP contribution in [0.15, 0.2) is 24.5 Å². The van der Waals surface area contributed by atoms with Gasteiger partial charge < -0.3 is 4.90 Å². The minimum absolute atomic E-state index is 0.163. The molecule has 3 rings (SSSR count). The lowest BCUT2D eigenvalue weighted by Gasteiger charge is -2.23. The van der Waals surface area contributed by atoms with E-state index in [-0.39, 0.29) is 11.9 Å². The third-order valence-electron chi connectivity index (χ3n) is 3.97. The molecule has 0 aliphatic carbocycles. The monoisotopic (exact) mass is 273 g/mol. The number of amides is 1. The van der Waals surface area contributed by atoms with Crippen LogP contribution in [0.1, 0.15) is 36.7 Å². The third-order valence-corrected chi connectivity index (χ3v) is 3.97. The SMILES string of the molecule is Cn1nccc1CCC(=O)N1CCCC1c1ccn[nH]1. The molecule has 1 fully saturated rings. The standard InChI is InChI=1S/C14H19N5O/c1-18-11(6-9-16-18)4-5-14(20)19-10-2-3-13(19)12-7-8-15-17-12/h6-9,13H,2-5,10H2,1H3,(H,15,17). The van der Waals surface area contributed by atoms with Gasteiger partial charge in [0.1, 0.15) is 0 Å². The van der Waals surface area contributed by atoms with E-state index in [1.165, 1.54) is 0 Å². The molecule has 2 aromatic rings. The molecule has 0 bridgehead atoms. The van der Waals surface area contributed by atoms with Crippen molar-refractivity contribution in [3.8, 4) is 0 Å². The minimum atomic E-state index is 0.163. The van der Waals surface area contributed by atoms with E-state index in [9.17, 15) is 4.79 Å². The van der Waals surface area contributed by atoms with Crippen LogP contribution in [0.25, 0.3) is 0 Å². The van der Waals surface area contributed by atoms with Gasteiger partial charge in [0.2, 0.25) is 5.91 Å². The highest BCUT2D eigenvalue weighted by atomic mass is 16.2. The van der Waals surface area contributed by atoms with Crippen molar-refractivity contribution in [3.63, 3.8) is 0 Å². The molecule has 6 nitrogen and oxygen atoms in total. The molecule has 106 valence electrons. The number of nitrogens with zero attached hydrogens (tertiary/aromatic N) is 4. The van der Waals surface area contributed by atoms with Crippen molar-refractivity contribution in [3.05, 3.63) is 35.9 Å². The molecule has 0 aromatic carbocycles. The number of hydrogen-bond acceptors (Lipinski definition) is 3. The van der Waals surface area contributed by atoms with Gasteiger partial charge in [0, 0.05) is 38.1 Å². The number of rotatable bonds is 4. The Hall–Kier alpha value is -2.11. The summed E-state index contributed by atoms with van der Waals surface area (Å²) in [5.41, 5.74) is 2.13. The van der Waals surface area contributed by atoms with Gasteiger partial charge in [-0.25, -0.2) is 0 Å². The average molecular weight is 273 g/mol. The second-order valence-corrected chi connectivity index (χ2v) is 5.20. The van der Waals surface area contributed by atoms with Crippen LogP contribution in [-0.2, 0) is 18.3 Å². The van der Waals surface area contributed by atoms with Gasteiger partial charge in [-0.05, 0) is 31.4 Å². The van der Waals surface area contributed by atoms with E-state index in [4.69, 9.17) is 0 Å². The molecule has 1 N–H and O–H groups in total. The van der Waals surface area contributed by atoms with Crippen molar-refractivity contribution in [2.45, 2.75) is 31.7 Å². The van der Waals surface area contributed by atoms with Crippen LogP contribution >= 0.6 is 0 Å². The first-order chi connectivity index (χ1) is 9.75. The predicted octanol–water partition coefficient (Wildman–Crippen LogP) is 1.44. The van der Waals surface area contributed by atoms with E-state index in [1.807, 2.05) is 28.8 Å². The second kappa shape index (κ2) is 5.48. The third kappa shape index (κ3) is 2.45. The second-order valence-electron chi connectivity index (χ2n) is 5.20. The molecule has 3 heterocycles. The molecular formula is C14H19N5O. The first-order valence-corrected chi connectivity index (χ1v) is 7.01. The summed E-state index contributed by atoms with van der Waals surface area (Å²) in [6.07, 6.45) is 6.85. The maximum Gasteiger partial charge on any atom is 0.223 e. The van der Waals surface area contributed by atoms with Crippen LogP contribution < -0.4 is 0 Å². The summed E-state index contributed by atoms with van der Waals surface area (Å²) in [5.74, 6) is 0.211. The summed E-state index contributed by atoms with van der Waals surface area (Å²) in [5, 5.41) is 11.1. The lowest BCUT2D eigenvalue weighted by Crippen LogP contribution is -2.31. The minimum Gasteiger partial charge on any atom is -0.334 e. The number of likely N-dealkylation sites (tertiary alicyclic amines) is 1. The van der Waals surface area contributed by atoms with E-state index in [0.29, 0.717) is 6.42 Å². The Bertz CT molecular complexity index is 574. The average Bonchev–Trinajstić information content (AvgIpc) is 3.17. The highest BCUT2D eigenvalue weighted by Gasteiger charge is 2.30. The maximum atomic E-state index is 12.4. The molecule has 0 spiro atoms. The zero-order valence-corrected chi connectivity index (χ0v) is 11.6. The van der Waals surface area contributed by atoms with Gasteiger partial charge in [-0.3, -0.25) is 14.6 Å². The molecule has 0 radical (unpaired) electrons. The lowest BCUT2D eigenvalue weighted by atomic mass is 10.1. The van der Waals surface area contributed by atoms with Crippen LogP contribution in [0.4, 0.5) is 0 Å². The Morgan fingerprint density at radius 1 is 1.45 bits per heavy atom. The Balaban J connectivity index is 1.63. The quantitative estimate of drug-likeness (QED) is 0.916. The summed E-state index contributed by atoms with van der Waals surface area (Å²) in [7, 11) is 1.91. The molecule has 0 saturated carbocycles. The fraction of sp³-hybridized carbons (Fsp3) is 0.500. The number of carbonyl (C=O) groups excluding carboxylic acids is 1. The molecule has 1 saturated heterocycles. The van der Waals surface area contributed by atoms with Gasteiger partial charge in [-0.15, -0.1) is 0 Å². The zero-order chi connectivity index (χ0) is 13.9. The number of hydrogen-bond donors (Lipinski definition) is 1. The fourth-order valence-electron chi connectivity index (χ4n) is 2.87. The van der Waals surface area contributed by atoms with Crippen LogP contribution in [0.3, 0.4) is 0 Å². The fourth-order valence-corrected chi connectivity index (χ4v) is 2.87. The van der Waals surface area contributed by atoms with Crippen molar-refractivity contribution in [2.24, 2.45) is 7.05 Å². The number of carbonyl (C=O) groups is 1. The zero-order valence-electron chi connectivity index (χ0n) is 11.6. The number of H-pyrrole nitrogens is 1. The van der Waals surface area contributed by atoms with E-state index in [1.54, 1.807) is 12.4 Å². The molecule has 1 aliphatic heterocycles. The van der Waals surface area contributed by atoms with Gasteiger partial charge in [0.15, 0.2) is 0 Å². The topological polar surface area (TPSA) is 66.8 Å². The van der Waals surface area contributed by atoms with Crippen molar-refractivity contribution in [1.82, 2.24) is 24.9 Å². The molecule has 1 aliphatic rings. The maximum absolute atomic E-state index is 12.4. The summed E-state index contributed by atoms with van der Waals surface area (Å²) >= 11 is 0. The molecule has 20 heavy (non-hydrogen) atoms. The number of aromatic nitrogens is 4. The Morgan fingerprint density at radius 3 is 3.05 bits per heavy atom. The van der Waals surface area contributed by atoms with Gasteiger partial charge in [0.05, 0.1) is 11.7 Å². The van der Waals surface area contributed by atoms with Gasteiger partial charge >= 0.3 is 0 Å². The summed E-state index contributed by atoms with van der Waals surface area (Å²) in [4.78, 5) is 14.4. The lowest BCUT2D eigenvalue weighted by molar-refractivity contribution is -0.132. The van der Waals surface area contributed by atoms with Crippen molar-refractivity contribution in [1.29, 1.82) is 0 Å². The Labute approximate surface area is 117 Å². The number of nitrogens with one attached hydrogen (secondary N) is 1. The predicted molar refractivity (Wildman–Crippen MR) is 73.8 cm³/mol. The van der Waals surface area contributed by atoms with Crippen LogP contribution in [0, 0.1) is 0 Å². The van der Waals surface area contributed by atoms with Crippen LogP contribution in [0.2, 0.25) is 0 Å².